The Morgan fingerprint density at radius 2 is 2.24 bits per heavy atom. The molecule has 2 aromatic rings. The van der Waals surface area contributed by atoms with Gasteiger partial charge in [0.2, 0.25) is 5.95 Å². The average Bonchev–Trinajstić information content (AvgIpc) is 2.61. The van der Waals surface area contributed by atoms with E-state index in [9.17, 15) is 9.50 Å². The second-order valence-electron chi connectivity index (χ2n) is 5.92. The van der Waals surface area contributed by atoms with Crippen LogP contribution in [0.1, 0.15) is 12.5 Å². The van der Waals surface area contributed by atoms with Gasteiger partial charge in [-0.2, -0.15) is 10.2 Å². The van der Waals surface area contributed by atoms with Gasteiger partial charge in [0.15, 0.2) is 0 Å². The molecule has 2 heterocycles. The minimum absolute atomic E-state index is 0.0291. The van der Waals surface area contributed by atoms with E-state index < -0.39 is 5.82 Å². The van der Waals surface area contributed by atoms with E-state index in [4.69, 9.17) is 15.7 Å². The Balaban J connectivity index is 1.98. The van der Waals surface area contributed by atoms with Crippen LogP contribution in [0.4, 0.5) is 16.2 Å². The first-order chi connectivity index (χ1) is 12.0. The number of hydrogen-bond acceptors (Lipinski definition) is 7. The monoisotopic (exact) mass is 343 g/mol. The zero-order valence-electron chi connectivity index (χ0n) is 13.7. The lowest BCUT2D eigenvalue weighted by Crippen LogP contribution is -2.50. The Morgan fingerprint density at radius 1 is 1.44 bits per heavy atom. The fourth-order valence-corrected chi connectivity index (χ4v) is 2.76. The molecule has 2 unspecified atom stereocenters. The van der Waals surface area contributed by atoms with E-state index in [1.165, 1.54) is 12.1 Å². The first-order valence-electron chi connectivity index (χ1n) is 7.85. The van der Waals surface area contributed by atoms with Crippen molar-refractivity contribution in [3.63, 3.8) is 0 Å². The number of morpholine rings is 1. The number of ether oxygens (including phenoxy) is 1. The molecule has 0 bridgehead atoms. The molecule has 8 heteroatoms. The summed E-state index contributed by atoms with van der Waals surface area (Å²) in [5, 5.41) is 18.2. The quantitative estimate of drug-likeness (QED) is 0.865. The van der Waals surface area contributed by atoms with Crippen molar-refractivity contribution in [2.75, 3.05) is 30.4 Å². The second-order valence-corrected chi connectivity index (χ2v) is 5.92. The van der Waals surface area contributed by atoms with Crippen LogP contribution >= 0.6 is 0 Å². The molecule has 0 radical (unpaired) electrons. The van der Waals surface area contributed by atoms with Crippen molar-refractivity contribution in [1.29, 1.82) is 5.26 Å². The lowest BCUT2D eigenvalue weighted by atomic mass is 10.1. The van der Waals surface area contributed by atoms with E-state index in [-0.39, 0.29) is 30.3 Å². The average molecular weight is 343 g/mol. The predicted octanol–water partition coefficient (Wildman–Crippen LogP) is 1.32. The van der Waals surface area contributed by atoms with Crippen LogP contribution in [-0.2, 0) is 4.74 Å². The Bertz CT molecular complexity index is 823. The van der Waals surface area contributed by atoms with Crippen molar-refractivity contribution in [2.45, 2.75) is 19.1 Å². The van der Waals surface area contributed by atoms with Gasteiger partial charge in [0.25, 0.3) is 0 Å². The molecule has 1 fully saturated rings. The topological polar surface area (TPSA) is 108 Å². The van der Waals surface area contributed by atoms with Crippen molar-refractivity contribution in [3.8, 4) is 17.3 Å². The Kier molecular flexibility index (Phi) is 4.79. The third-order valence-electron chi connectivity index (χ3n) is 4.12. The molecule has 1 saturated heterocycles. The maximum Gasteiger partial charge on any atom is 0.222 e. The summed E-state index contributed by atoms with van der Waals surface area (Å²) in [5.74, 6) is 0.0387. The van der Waals surface area contributed by atoms with Crippen LogP contribution in [-0.4, -0.2) is 47.0 Å². The number of aliphatic hydroxyl groups is 1. The zero-order valence-corrected chi connectivity index (χ0v) is 13.7. The van der Waals surface area contributed by atoms with E-state index in [1.807, 2.05) is 11.8 Å². The number of halogens is 1. The number of aliphatic hydroxyl groups excluding tert-OH is 1. The van der Waals surface area contributed by atoms with E-state index in [0.29, 0.717) is 30.2 Å². The molecule has 2 atom stereocenters. The molecule has 0 saturated carbocycles. The molecule has 0 spiro atoms. The predicted molar refractivity (Wildman–Crippen MR) is 90.2 cm³/mol. The van der Waals surface area contributed by atoms with Crippen molar-refractivity contribution < 1.29 is 14.2 Å². The molecule has 25 heavy (non-hydrogen) atoms. The van der Waals surface area contributed by atoms with Crippen LogP contribution in [0.5, 0.6) is 0 Å². The van der Waals surface area contributed by atoms with Crippen LogP contribution < -0.4 is 10.6 Å². The Labute approximate surface area is 144 Å². The number of hydrogen-bond donors (Lipinski definition) is 2. The summed E-state index contributed by atoms with van der Waals surface area (Å²) in [4.78, 5) is 10.4. The molecule has 0 amide bonds. The number of benzene rings is 1. The molecule has 3 rings (SSSR count). The molecular weight excluding hydrogens is 325 g/mol. The summed E-state index contributed by atoms with van der Waals surface area (Å²) < 4.78 is 19.4. The van der Waals surface area contributed by atoms with E-state index in [0.717, 1.165) is 0 Å². The summed E-state index contributed by atoms with van der Waals surface area (Å²) in [6.07, 6.45) is -0.303. The Hall–Kier alpha value is -2.76. The van der Waals surface area contributed by atoms with Gasteiger partial charge in [0.05, 0.1) is 36.6 Å². The lowest BCUT2D eigenvalue weighted by Gasteiger charge is -2.38. The molecular formula is C17H18FN5O2. The van der Waals surface area contributed by atoms with Crippen molar-refractivity contribution in [1.82, 2.24) is 9.97 Å². The molecule has 130 valence electrons. The molecule has 0 aliphatic carbocycles. The largest absolute Gasteiger partial charge is 0.394 e. The third kappa shape index (κ3) is 3.52. The van der Waals surface area contributed by atoms with Gasteiger partial charge >= 0.3 is 0 Å². The minimum atomic E-state index is -0.612. The SMILES string of the molecule is CC1COC(CO)CN1c1cc(-c2ccc(C#N)c(F)c2)nc(N)n1. The smallest absolute Gasteiger partial charge is 0.222 e. The van der Waals surface area contributed by atoms with Gasteiger partial charge in [-0.3, -0.25) is 0 Å². The maximum atomic E-state index is 13.9. The highest BCUT2D eigenvalue weighted by molar-refractivity contribution is 5.65. The van der Waals surface area contributed by atoms with Gasteiger partial charge in [-0.25, -0.2) is 9.37 Å². The first kappa shape index (κ1) is 17.1. The minimum Gasteiger partial charge on any atom is -0.394 e. The summed E-state index contributed by atoms with van der Waals surface area (Å²) in [6.45, 7) is 2.82. The van der Waals surface area contributed by atoms with E-state index in [1.54, 1.807) is 18.2 Å². The van der Waals surface area contributed by atoms with Crippen LogP contribution in [0.15, 0.2) is 24.3 Å². The third-order valence-corrected chi connectivity index (χ3v) is 4.12. The highest BCUT2D eigenvalue weighted by atomic mass is 19.1. The van der Waals surface area contributed by atoms with Crippen LogP contribution in [0, 0.1) is 17.1 Å². The number of rotatable bonds is 3. The molecule has 7 nitrogen and oxygen atoms in total. The van der Waals surface area contributed by atoms with Crippen LogP contribution in [0.2, 0.25) is 0 Å². The summed E-state index contributed by atoms with van der Waals surface area (Å²) >= 11 is 0. The van der Waals surface area contributed by atoms with Gasteiger partial charge in [-0.1, -0.05) is 6.07 Å². The molecule has 3 N–H and O–H groups in total. The zero-order chi connectivity index (χ0) is 18.0. The molecule has 1 aliphatic heterocycles. The van der Waals surface area contributed by atoms with E-state index >= 15 is 0 Å². The van der Waals surface area contributed by atoms with Crippen molar-refractivity contribution in [3.05, 3.63) is 35.6 Å². The van der Waals surface area contributed by atoms with Gasteiger partial charge in [-0.05, 0) is 19.1 Å². The first-order valence-corrected chi connectivity index (χ1v) is 7.85. The van der Waals surface area contributed by atoms with Crippen LogP contribution in [0.25, 0.3) is 11.3 Å². The Morgan fingerprint density at radius 3 is 2.92 bits per heavy atom. The number of nitrogens with two attached hydrogens (primary N) is 1. The summed E-state index contributed by atoms with van der Waals surface area (Å²) in [5.41, 5.74) is 6.77. The van der Waals surface area contributed by atoms with Gasteiger partial charge < -0.3 is 20.5 Å². The van der Waals surface area contributed by atoms with Crippen LogP contribution in [0.3, 0.4) is 0 Å². The lowest BCUT2D eigenvalue weighted by molar-refractivity contribution is -0.0105. The highest BCUT2D eigenvalue weighted by Gasteiger charge is 2.27. The second kappa shape index (κ2) is 7.01. The standard InChI is InChI=1S/C17H18FN5O2/c1-10-9-25-13(8-24)7-23(10)16-5-15(21-17(20)22-16)11-2-3-12(6-19)14(18)4-11/h2-5,10,13,24H,7-9H2,1H3,(H2,20,21,22). The van der Waals surface area contributed by atoms with Gasteiger partial charge in [0.1, 0.15) is 17.7 Å². The number of nitriles is 1. The number of nitrogen functional groups attached to an aromatic ring is 1. The highest BCUT2D eigenvalue weighted by Crippen LogP contribution is 2.27. The number of aromatic nitrogens is 2. The summed E-state index contributed by atoms with van der Waals surface area (Å²) in [7, 11) is 0. The molecule has 1 aliphatic rings. The summed E-state index contributed by atoms with van der Waals surface area (Å²) in [6, 6.07) is 7.82. The van der Waals surface area contributed by atoms with E-state index in [2.05, 4.69) is 9.97 Å². The van der Waals surface area contributed by atoms with Crippen molar-refractivity contribution in [2.24, 2.45) is 0 Å². The molecule has 1 aromatic heterocycles. The normalized spacial score (nSPS) is 20.3. The number of nitrogens with zero attached hydrogens (tertiary/aromatic N) is 4. The maximum absolute atomic E-state index is 13.9. The van der Waals surface area contributed by atoms with Gasteiger partial charge in [-0.15, -0.1) is 0 Å². The van der Waals surface area contributed by atoms with Crippen molar-refractivity contribution >= 4 is 11.8 Å². The molecule has 1 aromatic carbocycles. The number of anilines is 2. The van der Waals surface area contributed by atoms with Gasteiger partial charge in [0, 0.05) is 18.2 Å². The fourth-order valence-electron chi connectivity index (χ4n) is 2.76. The fraction of sp³-hybridized carbons (Fsp3) is 0.353.